The first-order chi connectivity index (χ1) is 8.68. The van der Waals surface area contributed by atoms with Gasteiger partial charge >= 0.3 is 0 Å². The maximum atomic E-state index is 10.1. The van der Waals surface area contributed by atoms with Crippen molar-refractivity contribution >= 4 is 15.9 Å². The van der Waals surface area contributed by atoms with Gasteiger partial charge < -0.3 is 15.3 Å². The van der Waals surface area contributed by atoms with Crippen LogP contribution in [0.2, 0.25) is 0 Å². The Bertz CT molecular complexity index is 418. The lowest BCUT2D eigenvalue weighted by atomic mass is 9.51. The first kappa shape index (κ1) is 15.2. The SMILES string of the molecule is C=C1C[C@@H](O)[C@@H](Br)C(C)(C)[C@@]12C=C[C@@](O)(CO)CC2. The van der Waals surface area contributed by atoms with Crippen molar-refractivity contribution in [3.63, 3.8) is 0 Å². The molecule has 0 heterocycles. The Morgan fingerprint density at radius 2 is 2.00 bits per heavy atom. The van der Waals surface area contributed by atoms with E-state index in [0.717, 1.165) is 12.0 Å². The van der Waals surface area contributed by atoms with E-state index in [9.17, 15) is 15.3 Å². The molecule has 0 bridgehead atoms. The van der Waals surface area contributed by atoms with Gasteiger partial charge in [0.25, 0.3) is 0 Å². The summed E-state index contributed by atoms with van der Waals surface area (Å²) >= 11 is 3.62. The molecular formula is C15H23BrO3. The van der Waals surface area contributed by atoms with E-state index in [2.05, 4.69) is 36.4 Å². The fourth-order valence-corrected chi connectivity index (χ4v) is 4.16. The third-order valence-electron chi connectivity index (χ3n) is 5.17. The molecular weight excluding hydrogens is 308 g/mol. The Hall–Kier alpha value is -0.160. The van der Waals surface area contributed by atoms with Crippen LogP contribution in [-0.2, 0) is 0 Å². The van der Waals surface area contributed by atoms with E-state index < -0.39 is 11.7 Å². The van der Waals surface area contributed by atoms with Crippen LogP contribution in [0, 0.1) is 10.8 Å². The van der Waals surface area contributed by atoms with E-state index in [1.807, 2.05) is 6.08 Å². The molecule has 19 heavy (non-hydrogen) atoms. The van der Waals surface area contributed by atoms with Crippen molar-refractivity contribution in [3.05, 3.63) is 24.3 Å². The van der Waals surface area contributed by atoms with Gasteiger partial charge in [-0.05, 0) is 24.7 Å². The molecule has 3 N–H and O–H groups in total. The number of alkyl halides is 1. The van der Waals surface area contributed by atoms with Crippen LogP contribution in [0.25, 0.3) is 0 Å². The second-order valence-electron chi connectivity index (χ2n) is 6.56. The Morgan fingerprint density at radius 3 is 2.47 bits per heavy atom. The van der Waals surface area contributed by atoms with E-state index in [4.69, 9.17) is 0 Å². The maximum absolute atomic E-state index is 10.1. The van der Waals surface area contributed by atoms with E-state index >= 15 is 0 Å². The summed E-state index contributed by atoms with van der Waals surface area (Å²) in [5.74, 6) is 0. The molecule has 0 radical (unpaired) electrons. The molecule has 0 aliphatic heterocycles. The first-order valence-corrected chi connectivity index (χ1v) is 7.64. The van der Waals surface area contributed by atoms with Crippen LogP contribution in [0.1, 0.15) is 33.1 Å². The number of hydrogen-bond acceptors (Lipinski definition) is 3. The van der Waals surface area contributed by atoms with Crippen molar-refractivity contribution < 1.29 is 15.3 Å². The summed E-state index contributed by atoms with van der Waals surface area (Å²) in [6.45, 7) is 8.15. The summed E-state index contributed by atoms with van der Waals surface area (Å²) in [6.07, 6.45) is 5.09. The van der Waals surface area contributed by atoms with Gasteiger partial charge in [0.15, 0.2) is 0 Å². The zero-order valence-corrected chi connectivity index (χ0v) is 13.2. The molecule has 2 aliphatic carbocycles. The molecule has 0 aromatic heterocycles. The molecule has 2 rings (SSSR count). The average Bonchev–Trinajstić information content (AvgIpc) is 2.37. The average molecular weight is 331 g/mol. The first-order valence-electron chi connectivity index (χ1n) is 6.72. The van der Waals surface area contributed by atoms with Gasteiger partial charge in [-0.25, -0.2) is 0 Å². The molecule has 0 amide bonds. The standard InChI is InChI=1S/C15H23BrO3/c1-10-8-11(18)12(16)13(2,3)15(10)6-4-14(19,9-17)5-7-15/h4,6,11-12,17-19H,1,5,7-9H2,2-3H3/t11-,12-,14+,15-/m1/s1. The third-order valence-corrected chi connectivity index (χ3v) is 6.92. The van der Waals surface area contributed by atoms with E-state index in [0.29, 0.717) is 12.8 Å². The molecule has 1 saturated carbocycles. The van der Waals surface area contributed by atoms with Gasteiger partial charge in [0, 0.05) is 10.2 Å². The number of aliphatic hydroxyl groups excluding tert-OH is 2. The third kappa shape index (κ3) is 2.13. The summed E-state index contributed by atoms with van der Waals surface area (Å²) in [7, 11) is 0. The fourth-order valence-electron chi connectivity index (χ4n) is 3.56. The van der Waals surface area contributed by atoms with Crippen LogP contribution in [0.4, 0.5) is 0 Å². The lowest BCUT2D eigenvalue weighted by Crippen LogP contribution is -2.55. The zero-order valence-electron chi connectivity index (χ0n) is 11.6. The van der Waals surface area contributed by atoms with E-state index in [-0.39, 0.29) is 22.3 Å². The lowest BCUT2D eigenvalue weighted by molar-refractivity contribution is -0.0247. The summed E-state index contributed by atoms with van der Waals surface area (Å²) in [5.41, 5.74) is -0.534. The normalized spacial score (nSPS) is 45.7. The van der Waals surface area contributed by atoms with E-state index in [1.54, 1.807) is 6.08 Å². The van der Waals surface area contributed by atoms with Crippen molar-refractivity contribution in [2.45, 2.75) is 49.6 Å². The minimum absolute atomic E-state index is 0.0181. The highest BCUT2D eigenvalue weighted by Crippen LogP contribution is 2.60. The molecule has 0 saturated heterocycles. The predicted octanol–water partition coefficient (Wildman–Crippen LogP) is 2.16. The molecule has 2 aliphatic rings. The number of rotatable bonds is 1. The Kier molecular flexibility index (Phi) is 3.76. The maximum Gasteiger partial charge on any atom is 0.106 e. The van der Waals surface area contributed by atoms with Crippen LogP contribution in [0.15, 0.2) is 24.3 Å². The van der Waals surface area contributed by atoms with Crippen molar-refractivity contribution in [1.82, 2.24) is 0 Å². The predicted molar refractivity (Wildman–Crippen MR) is 79.1 cm³/mol. The summed E-state index contributed by atoms with van der Waals surface area (Å²) in [5, 5.41) is 29.5. The highest BCUT2D eigenvalue weighted by atomic mass is 79.9. The number of hydrogen-bond donors (Lipinski definition) is 3. The summed E-state index contributed by atoms with van der Waals surface area (Å²) < 4.78 is 0. The van der Waals surface area contributed by atoms with Gasteiger partial charge in [-0.3, -0.25) is 0 Å². The van der Waals surface area contributed by atoms with Crippen LogP contribution in [-0.4, -0.2) is 38.5 Å². The van der Waals surface area contributed by atoms with E-state index in [1.165, 1.54) is 0 Å². The van der Waals surface area contributed by atoms with Gasteiger partial charge in [-0.1, -0.05) is 54.1 Å². The largest absolute Gasteiger partial charge is 0.393 e. The van der Waals surface area contributed by atoms with Crippen LogP contribution < -0.4 is 0 Å². The zero-order chi connectivity index (χ0) is 14.5. The number of aliphatic hydroxyl groups is 3. The molecule has 108 valence electrons. The number of allylic oxidation sites excluding steroid dienone is 1. The van der Waals surface area contributed by atoms with Gasteiger partial charge in [-0.15, -0.1) is 0 Å². The highest BCUT2D eigenvalue weighted by molar-refractivity contribution is 9.09. The smallest absolute Gasteiger partial charge is 0.106 e. The minimum Gasteiger partial charge on any atom is -0.393 e. The highest BCUT2D eigenvalue weighted by Gasteiger charge is 2.56. The fraction of sp³-hybridized carbons (Fsp3) is 0.733. The Labute approximate surface area is 123 Å². The summed E-state index contributed by atoms with van der Waals surface area (Å²) in [6, 6.07) is 0. The van der Waals surface area contributed by atoms with Gasteiger partial charge in [0.2, 0.25) is 0 Å². The topological polar surface area (TPSA) is 60.7 Å². The quantitative estimate of drug-likeness (QED) is 0.510. The summed E-state index contributed by atoms with van der Waals surface area (Å²) in [4.78, 5) is -0.0181. The van der Waals surface area contributed by atoms with Crippen molar-refractivity contribution in [3.8, 4) is 0 Å². The molecule has 4 heteroatoms. The van der Waals surface area contributed by atoms with Gasteiger partial charge in [0.05, 0.1) is 12.7 Å². The monoisotopic (exact) mass is 330 g/mol. The molecule has 0 unspecified atom stereocenters. The van der Waals surface area contributed by atoms with Gasteiger partial charge in [0.1, 0.15) is 5.60 Å². The molecule has 1 spiro atoms. The Morgan fingerprint density at radius 1 is 1.37 bits per heavy atom. The van der Waals surface area contributed by atoms with Crippen LogP contribution in [0.3, 0.4) is 0 Å². The second-order valence-corrected chi connectivity index (χ2v) is 7.55. The minimum atomic E-state index is -1.11. The van der Waals surface area contributed by atoms with Crippen LogP contribution in [0.5, 0.6) is 0 Å². The molecule has 1 fully saturated rings. The molecule has 0 aromatic carbocycles. The van der Waals surface area contributed by atoms with Crippen molar-refractivity contribution in [2.24, 2.45) is 10.8 Å². The van der Waals surface area contributed by atoms with Crippen LogP contribution >= 0.6 is 15.9 Å². The van der Waals surface area contributed by atoms with Crippen molar-refractivity contribution in [2.75, 3.05) is 6.61 Å². The Balaban J connectivity index is 2.43. The van der Waals surface area contributed by atoms with Crippen molar-refractivity contribution in [1.29, 1.82) is 0 Å². The van der Waals surface area contributed by atoms with Gasteiger partial charge in [-0.2, -0.15) is 0 Å². The lowest BCUT2D eigenvalue weighted by Gasteiger charge is -2.56. The molecule has 0 aromatic rings. The second kappa shape index (κ2) is 4.69. The molecule has 4 atom stereocenters. The number of halogens is 1. The molecule has 3 nitrogen and oxygen atoms in total.